The van der Waals surface area contributed by atoms with Gasteiger partial charge in [0.2, 0.25) is 0 Å². The van der Waals surface area contributed by atoms with E-state index in [1.54, 1.807) is 30.9 Å². The van der Waals surface area contributed by atoms with Gasteiger partial charge >= 0.3 is 5.97 Å². The average Bonchev–Trinajstić information content (AvgIpc) is 2.58. The number of hydrogen-bond acceptors (Lipinski definition) is 4. The van der Waals surface area contributed by atoms with E-state index in [1.807, 2.05) is 25.1 Å². The van der Waals surface area contributed by atoms with Crippen molar-refractivity contribution in [2.75, 3.05) is 4.90 Å². The molecular formula is C20H22N2O4. The second-order valence-corrected chi connectivity index (χ2v) is 7.02. The maximum atomic E-state index is 12.9. The van der Waals surface area contributed by atoms with Crippen LogP contribution in [-0.2, 0) is 11.3 Å². The van der Waals surface area contributed by atoms with Gasteiger partial charge in [-0.25, -0.2) is 4.79 Å². The van der Waals surface area contributed by atoms with Gasteiger partial charge in [0.25, 0.3) is 5.91 Å². The lowest BCUT2D eigenvalue weighted by molar-refractivity contribution is -0.132. The van der Waals surface area contributed by atoms with Crippen LogP contribution in [0.2, 0.25) is 0 Å². The van der Waals surface area contributed by atoms with E-state index in [0.29, 0.717) is 18.0 Å². The highest BCUT2D eigenvalue weighted by Gasteiger charge is 2.41. The number of carboxylic acid groups (broad SMARTS) is 1. The molecule has 0 spiro atoms. The number of fused-ring (bicyclic) bond motifs is 1. The van der Waals surface area contributed by atoms with E-state index < -0.39 is 11.6 Å². The maximum absolute atomic E-state index is 12.9. The zero-order valence-corrected chi connectivity index (χ0v) is 15.0. The SMILES string of the molecule is CC(N)c1ccc2c(c1)N(Cc1ccc(C(=O)O)cc1)C(=O)C(C)(C)O2. The molecule has 6 heteroatoms. The molecule has 1 amide bonds. The summed E-state index contributed by atoms with van der Waals surface area (Å²) in [6.07, 6.45) is 0. The van der Waals surface area contributed by atoms with Crippen LogP contribution in [0.3, 0.4) is 0 Å². The minimum Gasteiger partial charge on any atom is -0.478 e. The molecule has 2 aromatic carbocycles. The van der Waals surface area contributed by atoms with Crippen molar-refractivity contribution in [1.82, 2.24) is 0 Å². The Hall–Kier alpha value is -2.86. The Morgan fingerprint density at radius 2 is 1.88 bits per heavy atom. The molecule has 0 aromatic heterocycles. The Balaban J connectivity index is 2.00. The summed E-state index contributed by atoms with van der Waals surface area (Å²) in [5, 5.41) is 9.03. The van der Waals surface area contributed by atoms with Crippen molar-refractivity contribution in [3.05, 3.63) is 59.2 Å². The predicted molar refractivity (Wildman–Crippen MR) is 98.3 cm³/mol. The molecule has 1 unspecified atom stereocenters. The lowest BCUT2D eigenvalue weighted by atomic mass is 10.00. The van der Waals surface area contributed by atoms with Gasteiger partial charge in [0, 0.05) is 6.04 Å². The lowest BCUT2D eigenvalue weighted by Gasteiger charge is -2.39. The topological polar surface area (TPSA) is 92.9 Å². The van der Waals surface area contributed by atoms with Gasteiger partial charge in [-0.3, -0.25) is 4.79 Å². The van der Waals surface area contributed by atoms with E-state index in [4.69, 9.17) is 15.6 Å². The number of nitrogens with two attached hydrogens (primary N) is 1. The molecule has 1 heterocycles. The molecule has 0 aliphatic carbocycles. The van der Waals surface area contributed by atoms with Crippen molar-refractivity contribution < 1.29 is 19.4 Å². The van der Waals surface area contributed by atoms with Crippen molar-refractivity contribution in [3.63, 3.8) is 0 Å². The first-order valence-corrected chi connectivity index (χ1v) is 8.42. The molecule has 1 aliphatic heterocycles. The summed E-state index contributed by atoms with van der Waals surface area (Å²) in [4.78, 5) is 25.6. The highest BCUT2D eigenvalue weighted by Crippen LogP contribution is 2.40. The van der Waals surface area contributed by atoms with Gasteiger partial charge in [-0.05, 0) is 56.2 Å². The van der Waals surface area contributed by atoms with Crippen molar-refractivity contribution in [2.24, 2.45) is 5.73 Å². The quantitative estimate of drug-likeness (QED) is 0.880. The third-order valence-electron chi connectivity index (χ3n) is 4.47. The van der Waals surface area contributed by atoms with E-state index >= 15 is 0 Å². The molecule has 26 heavy (non-hydrogen) atoms. The van der Waals surface area contributed by atoms with E-state index in [2.05, 4.69) is 0 Å². The highest BCUT2D eigenvalue weighted by molar-refractivity contribution is 6.02. The average molecular weight is 354 g/mol. The van der Waals surface area contributed by atoms with E-state index in [1.165, 1.54) is 12.1 Å². The Morgan fingerprint density at radius 1 is 1.23 bits per heavy atom. The fourth-order valence-corrected chi connectivity index (χ4v) is 2.96. The number of ether oxygens (including phenoxy) is 1. The largest absolute Gasteiger partial charge is 0.478 e. The number of hydrogen-bond donors (Lipinski definition) is 2. The number of rotatable bonds is 4. The minimum absolute atomic E-state index is 0.158. The molecule has 3 rings (SSSR count). The van der Waals surface area contributed by atoms with Crippen molar-refractivity contribution in [2.45, 2.75) is 39.0 Å². The number of carbonyl (C=O) groups excluding carboxylic acids is 1. The van der Waals surface area contributed by atoms with Crippen molar-refractivity contribution >= 4 is 17.6 Å². The van der Waals surface area contributed by atoms with Gasteiger partial charge in [0.15, 0.2) is 5.60 Å². The second-order valence-electron chi connectivity index (χ2n) is 7.02. The number of amides is 1. The first-order valence-electron chi connectivity index (χ1n) is 8.42. The number of nitrogens with zero attached hydrogens (tertiary/aromatic N) is 1. The van der Waals surface area contributed by atoms with Gasteiger partial charge in [-0.1, -0.05) is 18.2 Å². The lowest BCUT2D eigenvalue weighted by Crippen LogP contribution is -2.52. The van der Waals surface area contributed by atoms with Crippen LogP contribution in [0, 0.1) is 0 Å². The summed E-state index contributed by atoms with van der Waals surface area (Å²) in [5.74, 6) is -0.512. The van der Waals surface area contributed by atoms with Gasteiger partial charge in [-0.2, -0.15) is 0 Å². The summed E-state index contributed by atoms with van der Waals surface area (Å²) in [7, 11) is 0. The van der Waals surface area contributed by atoms with Gasteiger partial charge < -0.3 is 20.5 Å². The molecule has 0 saturated heterocycles. The fraction of sp³-hybridized carbons (Fsp3) is 0.300. The molecular weight excluding hydrogens is 332 g/mol. The monoisotopic (exact) mass is 354 g/mol. The summed E-state index contributed by atoms with van der Waals surface area (Å²) in [6.45, 7) is 5.67. The van der Waals surface area contributed by atoms with E-state index in [0.717, 1.165) is 11.1 Å². The third kappa shape index (κ3) is 3.28. The summed E-state index contributed by atoms with van der Waals surface area (Å²) in [6, 6.07) is 11.9. The van der Waals surface area contributed by atoms with Crippen LogP contribution in [0.15, 0.2) is 42.5 Å². The van der Waals surface area contributed by atoms with Gasteiger partial charge in [0.1, 0.15) is 5.75 Å². The Morgan fingerprint density at radius 3 is 2.46 bits per heavy atom. The fourth-order valence-electron chi connectivity index (χ4n) is 2.96. The van der Waals surface area contributed by atoms with Crippen molar-refractivity contribution in [3.8, 4) is 5.75 Å². The molecule has 0 radical (unpaired) electrons. The standard InChI is InChI=1S/C20H22N2O4/c1-12(21)15-8-9-17-16(10-15)22(19(25)20(2,3)26-17)11-13-4-6-14(7-5-13)18(23)24/h4-10,12H,11,21H2,1-3H3,(H,23,24). The normalized spacial score (nSPS) is 16.6. The van der Waals surface area contributed by atoms with E-state index in [-0.39, 0.29) is 17.5 Å². The smallest absolute Gasteiger partial charge is 0.335 e. The van der Waals surface area contributed by atoms with Crippen LogP contribution >= 0.6 is 0 Å². The van der Waals surface area contributed by atoms with Crippen LogP contribution < -0.4 is 15.4 Å². The Labute approximate surface area is 152 Å². The maximum Gasteiger partial charge on any atom is 0.335 e. The zero-order chi connectivity index (χ0) is 19.1. The first-order chi connectivity index (χ1) is 12.2. The number of carboxylic acids is 1. The van der Waals surface area contributed by atoms with Crippen LogP contribution in [0.5, 0.6) is 5.75 Å². The number of anilines is 1. The predicted octanol–water partition coefficient (Wildman–Crippen LogP) is 3.11. The molecule has 3 N–H and O–H groups in total. The molecule has 1 atom stereocenters. The van der Waals surface area contributed by atoms with Crippen LogP contribution in [0.1, 0.15) is 48.3 Å². The third-order valence-corrected chi connectivity index (χ3v) is 4.47. The molecule has 1 aliphatic rings. The van der Waals surface area contributed by atoms with E-state index in [9.17, 15) is 9.59 Å². The molecule has 2 aromatic rings. The molecule has 0 saturated carbocycles. The number of benzene rings is 2. The Bertz CT molecular complexity index is 857. The first kappa shape index (κ1) is 17.9. The minimum atomic E-state index is -0.982. The second kappa shape index (κ2) is 6.46. The van der Waals surface area contributed by atoms with Crippen LogP contribution in [0.4, 0.5) is 5.69 Å². The summed E-state index contributed by atoms with van der Waals surface area (Å²) < 4.78 is 5.88. The molecule has 0 bridgehead atoms. The van der Waals surface area contributed by atoms with Crippen molar-refractivity contribution in [1.29, 1.82) is 0 Å². The molecule has 136 valence electrons. The van der Waals surface area contributed by atoms with Crippen LogP contribution in [-0.4, -0.2) is 22.6 Å². The van der Waals surface area contributed by atoms with Crippen LogP contribution in [0.25, 0.3) is 0 Å². The number of carbonyl (C=O) groups is 2. The summed E-state index contributed by atoms with van der Waals surface area (Å²) in [5.41, 5.74) is 7.62. The Kier molecular flexibility index (Phi) is 4.46. The number of aromatic carboxylic acids is 1. The van der Waals surface area contributed by atoms with Gasteiger partial charge in [0.05, 0.1) is 17.8 Å². The van der Waals surface area contributed by atoms with Gasteiger partial charge in [-0.15, -0.1) is 0 Å². The zero-order valence-electron chi connectivity index (χ0n) is 15.0. The molecule has 0 fully saturated rings. The highest BCUT2D eigenvalue weighted by atomic mass is 16.5. The molecule has 6 nitrogen and oxygen atoms in total. The summed E-state index contributed by atoms with van der Waals surface area (Å²) >= 11 is 0.